The number of nitrogens with one attached hydrogen (secondary N) is 2. The Bertz CT molecular complexity index is 1340. The Morgan fingerprint density at radius 2 is 1.57 bits per heavy atom. The van der Waals surface area contributed by atoms with Crippen LogP contribution in [0.2, 0.25) is 0 Å². The van der Waals surface area contributed by atoms with E-state index in [0.29, 0.717) is 28.4 Å². The minimum absolute atomic E-state index is 0.0794. The molecule has 35 heavy (non-hydrogen) atoms. The van der Waals surface area contributed by atoms with Gasteiger partial charge in [0.05, 0.1) is 19.1 Å². The molecule has 184 valence electrons. The molecule has 0 aromatic heterocycles. The molecule has 0 bridgehead atoms. The van der Waals surface area contributed by atoms with E-state index in [1.807, 2.05) is 0 Å². The van der Waals surface area contributed by atoms with Gasteiger partial charge in [-0.1, -0.05) is 6.07 Å². The second kappa shape index (κ2) is 10.8. The van der Waals surface area contributed by atoms with E-state index in [-0.39, 0.29) is 22.8 Å². The second-order valence-electron chi connectivity index (χ2n) is 7.39. The fraction of sp³-hybridized carbons (Fsp3) is 0.167. The molecule has 0 saturated carbocycles. The minimum Gasteiger partial charge on any atom is -0.497 e. The lowest BCUT2D eigenvalue weighted by Crippen LogP contribution is -2.20. The van der Waals surface area contributed by atoms with Crippen molar-refractivity contribution in [2.24, 2.45) is 5.73 Å². The first-order chi connectivity index (χ1) is 16.6. The number of hydrogen-bond acceptors (Lipinski definition) is 7. The van der Waals surface area contributed by atoms with Crippen molar-refractivity contribution in [3.05, 3.63) is 71.8 Å². The van der Waals surface area contributed by atoms with Crippen molar-refractivity contribution < 1.29 is 32.2 Å². The topological polar surface area (TPSA) is 146 Å². The SMILES string of the molecule is COc1ccc(NS(=O)(=O)c2ccc(C)c(C(=O)Nc3ccc(OC)c(OCC(N)=O)c3)c2)cc1. The van der Waals surface area contributed by atoms with Crippen molar-refractivity contribution in [1.82, 2.24) is 0 Å². The number of aryl methyl sites for hydroxylation is 1. The van der Waals surface area contributed by atoms with Crippen molar-refractivity contribution in [1.29, 1.82) is 0 Å². The molecule has 0 aliphatic carbocycles. The molecular weight excluding hydrogens is 474 g/mol. The first-order valence-electron chi connectivity index (χ1n) is 10.3. The third-order valence-corrected chi connectivity index (χ3v) is 6.28. The van der Waals surface area contributed by atoms with Crippen LogP contribution in [-0.2, 0) is 14.8 Å². The van der Waals surface area contributed by atoms with Crippen molar-refractivity contribution in [3.63, 3.8) is 0 Å². The number of amides is 2. The van der Waals surface area contributed by atoms with Crippen molar-refractivity contribution in [2.45, 2.75) is 11.8 Å². The molecule has 4 N–H and O–H groups in total. The van der Waals surface area contributed by atoms with Gasteiger partial charge in [-0.05, 0) is 61.0 Å². The highest BCUT2D eigenvalue weighted by atomic mass is 32.2. The average molecular weight is 500 g/mol. The number of methoxy groups -OCH3 is 2. The molecule has 0 heterocycles. The summed E-state index contributed by atoms with van der Waals surface area (Å²) in [7, 11) is -1.02. The highest BCUT2D eigenvalue weighted by molar-refractivity contribution is 7.92. The summed E-state index contributed by atoms with van der Waals surface area (Å²) in [5.41, 5.74) is 6.55. The maximum Gasteiger partial charge on any atom is 0.261 e. The van der Waals surface area contributed by atoms with Crippen LogP contribution in [0.25, 0.3) is 0 Å². The number of carbonyl (C=O) groups excluding carboxylic acids is 2. The lowest BCUT2D eigenvalue weighted by atomic mass is 10.1. The Hall–Kier alpha value is -4.25. The van der Waals surface area contributed by atoms with Crippen LogP contribution in [0.1, 0.15) is 15.9 Å². The Balaban J connectivity index is 1.83. The molecule has 0 saturated heterocycles. The summed E-state index contributed by atoms with van der Waals surface area (Å²) in [6, 6.07) is 15.3. The van der Waals surface area contributed by atoms with E-state index in [2.05, 4.69) is 10.0 Å². The largest absolute Gasteiger partial charge is 0.497 e. The molecule has 11 heteroatoms. The zero-order chi connectivity index (χ0) is 25.6. The number of hydrogen-bond donors (Lipinski definition) is 3. The lowest BCUT2D eigenvalue weighted by Gasteiger charge is -2.14. The van der Waals surface area contributed by atoms with Gasteiger partial charge in [0.1, 0.15) is 5.75 Å². The third kappa shape index (κ3) is 6.42. The number of nitrogens with two attached hydrogens (primary N) is 1. The van der Waals surface area contributed by atoms with Crippen molar-refractivity contribution >= 4 is 33.2 Å². The molecule has 0 radical (unpaired) electrons. The van der Waals surface area contributed by atoms with Gasteiger partial charge >= 0.3 is 0 Å². The van der Waals surface area contributed by atoms with Gasteiger partial charge in [-0.15, -0.1) is 0 Å². The van der Waals surface area contributed by atoms with Gasteiger partial charge in [0.15, 0.2) is 18.1 Å². The van der Waals surface area contributed by atoms with Gasteiger partial charge in [0.25, 0.3) is 21.8 Å². The number of primary amides is 1. The van der Waals surface area contributed by atoms with Crippen LogP contribution in [-0.4, -0.2) is 41.1 Å². The van der Waals surface area contributed by atoms with E-state index >= 15 is 0 Å². The number of rotatable bonds is 10. The predicted molar refractivity (Wildman–Crippen MR) is 131 cm³/mol. The van der Waals surface area contributed by atoms with Crippen LogP contribution in [0.15, 0.2) is 65.6 Å². The van der Waals surface area contributed by atoms with Gasteiger partial charge in [-0.25, -0.2) is 8.42 Å². The standard InChI is InChI=1S/C24H25N3O7S/c1-15-4-10-19(35(30,31)27-16-5-8-18(32-2)9-6-16)13-20(15)24(29)26-17-7-11-21(33-3)22(12-17)34-14-23(25)28/h4-13,27H,14H2,1-3H3,(H2,25,28)(H,26,29). The van der Waals surface area contributed by atoms with Gasteiger partial charge in [0.2, 0.25) is 0 Å². The Labute approximate surface area is 203 Å². The van der Waals surface area contributed by atoms with Crippen molar-refractivity contribution in [2.75, 3.05) is 30.9 Å². The second-order valence-corrected chi connectivity index (χ2v) is 9.07. The van der Waals surface area contributed by atoms with Gasteiger partial charge in [-0.3, -0.25) is 14.3 Å². The van der Waals surface area contributed by atoms with E-state index in [4.69, 9.17) is 19.9 Å². The Morgan fingerprint density at radius 3 is 2.20 bits per heavy atom. The zero-order valence-corrected chi connectivity index (χ0v) is 20.1. The maximum atomic E-state index is 13.0. The van der Waals surface area contributed by atoms with Crippen LogP contribution >= 0.6 is 0 Å². The summed E-state index contributed by atoms with van der Waals surface area (Å²) >= 11 is 0. The van der Waals surface area contributed by atoms with E-state index in [0.717, 1.165) is 0 Å². The molecule has 0 aliphatic heterocycles. The van der Waals surface area contributed by atoms with E-state index in [9.17, 15) is 18.0 Å². The van der Waals surface area contributed by atoms with Crippen LogP contribution < -0.4 is 30.0 Å². The summed E-state index contributed by atoms with van der Waals surface area (Å²) in [6.45, 7) is 1.33. The monoisotopic (exact) mass is 499 g/mol. The number of anilines is 2. The molecule has 0 spiro atoms. The van der Waals surface area contributed by atoms with E-state index in [1.54, 1.807) is 49.4 Å². The van der Waals surface area contributed by atoms with Gasteiger partial charge in [-0.2, -0.15) is 0 Å². The fourth-order valence-electron chi connectivity index (χ4n) is 3.10. The molecule has 3 rings (SSSR count). The molecule has 10 nitrogen and oxygen atoms in total. The summed E-state index contributed by atoms with van der Waals surface area (Å²) in [5.74, 6) is -0.0590. The van der Waals surface area contributed by atoms with E-state index in [1.165, 1.54) is 32.4 Å². The van der Waals surface area contributed by atoms with Gasteiger partial charge in [0, 0.05) is 23.0 Å². The van der Waals surface area contributed by atoms with Crippen LogP contribution in [0.5, 0.6) is 17.2 Å². The molecule has 2 amide bonds. The summed E-state index contributed by atoms with van der Waals surface area (Å²) < 4.78 is 43.9. The first kappa shape index (κ1) is 25.4. The number of sulfonamides is 1. The smallest absolute Gasteiger partial charge is 0.261 e. The Kier molecular flexibility index (Phi) is 7.82. The normalized spacial score (nSPS) is 10.8. The molecule has 3 aromatic rings. The summed E-state index contributed by atoms with van der Waals surface area (Å²) in [4.78, 5) is 24.0. The number of ether oxygens (including phenoxy) is 3. The highest BCUT2D eigenvalue weighted by Crippen LogP contribution is 2.30. The zero-order valence-electron chi connectivity index (χ0n) is 19.3. The number of carbonyl (C=O) groups is 2. The molecule has 0 fully saturated rings. The summed E-state index contributed by atoms with van der Waals surface area (Å²) in [5, 5.41) is 2.70. The quantitative estimate of drug-likeness (QED) is 0.389. The maximum absolute atomic E-state index is 13.0. The summed E-state index contributed by atoms with van der Waals surface area (Å²) in [6.07, 6.45) is 0. The molecule has 0 atom stereocenters. The van der Waals surface area contributed by atoms with E-state index < -0.39 is 21.8 Å². The van der Waals surface area contributed by atoms with Crippen LogP contribution in [0, 0.1) is 6.92 Å². The predicted octanol–water partition coefficient (Wildman–Crippen LogP) is 2.93. The van der Waals surface area contributed by atoms with Crippen LogP contribution in [0.4, 0.5) is 11.4 Å². The molecular formula is C24H25N3O7S. The lowest BCUT2D eigenvalue weighted by molar-refractivity contribution is -0.119. The highest BCUT2D eigenvalue weighted by Gasteiger charge is 2.19. The minimum atomic E-state index is -3.96. The number of benzene rings is 3. The average Bonchev–Trinajstić information content (AvgIpc) is 2.83. The molecule has 0 aliphatic rings. The van der Waals surface area contributed by atoms with Crippen molar-refractivity contribution in [3.8, 4) is 17.2 Å². The third-order valence-electron chi connectivity index (χ3n) is 4.90. The fourth-order valence-corrected chi connectivity index (χ4v) is 4.19. The Morgan fingerprint density at radius 1 is 0.886 bits per heavy atom. The first-order valence-corrected chi connectivity index (χ1v) is 11.8. The van der Waals surface area contributed by atoms with Gasteiger partial charge < -0.3 is 25.3 Å². The molecule has 0 unspecified atom stereocenters. The van der Waals surface area contributed by atoms with Crippen LogP contribution in [0.3, 0.4) is 0 Å². The molecule has 3 aromatic carbocycles.